The second-order valence-electron chi connectivity index (χ2n) is 3.20. The summed E-state index contributed by atoms with van der Waals surface area (Å²) in [5.41, 5.74) is 7.53. The zero-order chi connectivity index (χ0) is 11.0. The molecule has 1 heterocycles. The molecule has 0 atom stereocenters. The van der Waals surface area contributed by atoms with Crippen LogP contribution in [0.5, 0.6) is 0 Å². The molecule has 3 nitrogen and oxygen atoms in total. The lowest BCUT2D eigenvalue weighted by Crippen LogP contribution is -1.96. The zero-order valence-corrected chi connectivity index (χ0v) is 10.4. The Bertz CT molecular complexity index is 488. The first-order chi connectivity index (χ1) is 7.08. The molecule has 0 unspecified atom stereocenters. The minimum absolute atomic E-state index is 0.631. The number of rotatable bonds is 1. The molecule has 0 aliphatic carbocycles. The summed E-state index contributed by atoms with van der Waals surface area (Å²) in [6.07, 6.45) is 0. The monoisotopic (exact) mass is 285 g/mol. The van der Waals surface area contributed by atoms with Gasteiger partial charge >= 0.3 is 0 Å². The van der Waals surface area contributed by atoms with Gasteiger partial charge in [-0.25, -0.2) is 0 Å². The number of benzene rings is 1. The molecule has 5 heteroatoms. The molecular formula is C10H9BrClN3. The van der Waals surface area contributed by atoms with Gasteiger partial charge in [0.2, 0.25) is 0 Å². The largest absolute Gasteiger partial charge is 0.384 e. The predicted octanol–water partition coefficient (Wildman–Crippen LogP) is 3.09. The predicted molar refractivity (Wildman–Crippen MR) is 65.8 cm³/mol. The van der Waals surface area contributed by atoms with Gasteiger partial charge in [-0.3, -0.25) is 4.68 Å². The van der Waals surface area contributed by atoms with E-state index in [1.807, 2.05) is 31.3 Å². The van der Waals surface area contributed by atoms with Crippen molar-refractivity contribution in [3.05, 3.63) is 33.8 Å². The van der Waals surface area contributed by atoms with Gasteiger partial charge in [-0.2, -0.15) is 5.10 Å². The van der Waals surface area contributed by atoms with E-state index in [1.54, 1.807) is 4.68 Å². The van der Waals surface area contributed by atoms with Crippen molar-refractivity contribution in [2.24, 2.45) is 7.05 Å². The van der Waals surface area contributed by atoms with Gasteiger partial charge in [-0.15, -0.1) is 0 Å². The van der Waals surface area contributed by atoms with Gasteiger partial charge in [0.15, 0.2) is 0 Å². The number of nitrogens with two attached hydrogens (primary N) is 1. The number of aryl methyl sites for hydroxylation is 1. The molecule has 0 amide bonds. The van der Waals surface area contributed by atoms with Gasteiger partial charge in [0, 0.05) is 28.2 Å². The average molecular weight is 287 g/mol. The van der Waals surface area contributed by atoms with Crippen LogP contribution in [0.15, 0.2) is 28.7 Å². The van der Waals surface area contributed by atoms with E-state index in [2.05, 4.69) is 21.0 Å². The van der Waals surface area contributed by atoms with Crippen LogP contribution < -0.4 is 5.73 Å². The van der Waals surface area contributed by atoms with Crippen LogP contribution in [-0.4, -0.2) is 9.78 Å². The minimum Gasteiger partial charge on any atom is -0.384 e. The van der Waals surface area contributed by atoms with Crippen molar-refractivity contribution in [1.82, 2.24) is 9.78 Å². The third-order valence-corrected chi connectivity index (χ3v) is 3.01. The SMILES string of the molecule is Cn1nc(-c2ccc(Cl)cc2Br)cc1N. The molecule has 78 valence electrons. The Morgan fingerprint density at radius 3 is 2.67 bits per heavy atom. The molecule has 2 rings (SSSR count). The van der Waals surface area contributed by atoms with Crippen molar-refractivity contribution < 1.29 is 0 Å². The molecule has 0 saturated carbocycles. The number of hydrogen-bond donors (Lipinski definition) is 1. The topological polar surface area (TPSA) is 43.8 Å². The van der Waals surface area contributed by atoms with Crippen molar-refractivity contribution in [3.8, 4) is 11.3 Å². The number of nitrogen functional groups attached to an aromatic ring is 1. The number of nitrogens with zero attached hydrogens (tertiary/aromatic N) is 2. The second-order valence-corrected chi connectivity index (χ2v) is 4.49. The number of anilines is 1. The molecular weight excluding hydrogens is 277 g/mol. The molecule has 2 N–H and O–H groups in total. The molecule has 1 aromatic carbocycles. The van der Waals surface area contributed by atoms with Gasteiger partial charge in [0.25, 0.3) is 0 Å². The van der Waals surface area contributed by atoms with Crippen LogP contribution in [0.2, 0.25) is 5.02 Å². The minimum atomic E-state index is 0.631. The number of halogens is 2. The molecule has 0 bridgehead atoms. The molecule has 0 spiro atoms. The standard InChI is InChI=1S/C10H9BrClN3/c1-15-10(13)5-9(14-15)7-3-2-6(12)4-8(7)11/h2-5H,13H2,1H3. The van der Waals surface area contributed by atoms with Gasteiger partial charge in [-0.1, -0.05) is 33.6 Å². The maximum Gasteiger partial charge on any atom is 0.121 e. The zero-order valence-electron chi connectivity index (χ0n) is 8.04. The summed E-state index contributed by atoms with van der Waals surface area (Å²) < 4.78 is 2.55. The molecule has 0 aliphatic heterocycles. The molecule has 0 radical (unpaired) electrons. The van der Waals surface area contributed by atoms with E-state index in [4.69, 9.17) is 17.3 Å². The van der Waals surface area contributed by atoms with Crippen molar-refractivity contribution in [1.29, 1.82) is 0 Å². The lowest BCUT2D eigenvalue weighted by molar-refractivity contribution is 0.782. The Kier molecular flexibility index (Phi) is 2.71. The summed E-state index contributed by atoms with van der Waals surface area (Å²) in [7, 11) is 1.81. The Hall–Kier alpha value is -1.00. The first-order valence-corrected chi connectivity index (χ1v) is 5.50. The Labute approximate surface area is 101 Å². The van der Waals surface area contributed by atoms with Crippen molar-refractivity contribution >= 4 is 33.3 Å². The normalized spacial score (nSPS) is 10.6. The van der Waals surface area contributed by atoms with Crippen LogP contribution >= 0.6 is 27.5 Å². The summed E-state index contributed by atoms with van der Waals surface area (Å²) in [5, 5.41) is 4.98. The van der Waals surface area contributed by atoms with Crippen LogP contribution in [0.25, 0.3) is 11.3 Å². The van der Waals surface area contributed by atoms with Crippen LogP contribution in [0.4, 0.5) is 5.82 Å². The Balaban J connectivity index is 2.54. The van der Waals surface area contributed by atoms with Crippen LogP contribution in [0, 0.1) is 0 Å². The second kappa shape index (κ2) is 3.87. The third kappa shape index (κ3) is 2.01. The fourth-order valence-electron chi connectivity index (χ4n) is 1.31. The summed E-state index contributed by atoms with van der Waals surface area (Å²) in [6.45, 7) is 0. The third-order valence-electron chi connectivity index (χ3n) is 2.12. The van der Waals surface area contributed by atoms with Crippen molar-refractivity contribution in [3.63, 3.8) is 0 Å². The molecule has 2 aromatic rings. The van der Waals surface area contributed by atoms with E-state index < -0.39 is 0 Å². The van der Waals surface area contributed by atoms with Crippen molar-refractivity contribution in [2.75, 3.05) is 5.73 Å². The first kappa shape index (κ1) is 10.5. The summed E-state index contributed by atoms with van der Waals surface area (Å²) in [6, 6.07) is 7.40. The van der Waals surface area contributed by atoms with Crippen LogP contribution in [0.3, 0.4) is 0 Å². The van der Waals surface area contributed by atoms with E-state index in [0.717, 1.165) is 15.7 Å². The highest BCUT2D eigenvalue weighted by Gasteiger charge is 2.08. The Morgan fingerprint density at radius 2 is 2.13 bits per heavy atom. The maximum atomic E-state index is 5.86. The van der Waals surface area contributed by atoms with E-state index in [-0.39, 0.29) is 0 Å². The van der Waals surface area contributed by atoms with Gasteiger partial charge in [0.1, 0.15) is 5.82 Å². The summed E-state index contributed by atoms with van der Waals surface area (Å²) in [5.74, 6) is 0.631. The average Bonchev–Trinajstić information content (AvgIpc) is 2.46. The maximum absolute atomic E-state index is 5.86. The Morgan fingerprint density at radius 1 is 1.40 bits per heavy atom. The van der Waals surface area contributed by atoms with Gasteiger partial charge in [0.05, 0.1) is 5.69 Å². The van der Waals surface area contributed by atoms with Gasteiger partial charge < -0.3 is 5.73 Å². The highest BCUT2D eigenvalue weighted by atomic mass is 79.9. The summed E-state index contributed by atoms with van der Waals surface area (Å²) in [4.78, 5) is 0. The van der Waals surface area contributed by atoms with Gasteiger partial charge in [-0.05, 0) is 12.1 Å². The quantitative estimate of drug-likeness (QED) is 0.875. The molecule has 15 heavy (non-hydrogen) atoms. The number of hydrogen-bond acceptors (Lipinski definition) is 2. The van der Waals surface area contributed by atoms with E-state index in [0.29, 0.717) is 10.8 Å². The highest BCUT2D eigenvalue weighted by molar-refractivity contribution is 9.10. The van der Waals surface area contributed by atoms with E-state index in [1.165, 1.54) is 0 Å². The van der Waals surface area contributed by atoms with E-state index in [9.17, 15) is 0 Å². The number of aromatic nitrogens is 2. The molecule has 0 aliphatic rings. The smallest absolute Gasteiger partial charge is 0.121 e. The first-order valence-electron chi connectivity index (χ1n) is 4.33. The van der Waals surface area contributed by atoms with Crippen molar-refractivity contribution in [2.45, 2.75) is 0 Å². The fourth-order valence-corrected chi connectivity index (χ4v) is 2.20. The van der Waals surface area contributed by atoms with E-state index >= 15 is 0 Å². The lowest BCUT2D eigenvalue weighted by Gasteiger charge is -2.00. The van der Waals surface area contributed by atoms with Crippen LogP contribution in [0.1, 0.15) is 0 Å². The fraction of sp³-hybridized carbons (Fsp3) is 0.100. The molecule has 0 saturated heterocycles. The molecule has 1 aromatic heterocycles. The lowest BCUT2D eigenvalue weighted by atomic mass is 10.1. The van der Waals surface area contributed by atoms with Crippen LogP contribution in [-0.2, 0) is 7.05 Å². The molecule has 0 fully saturated rings. The highest BCUT2D eigenvalue weighted by Crippen LogP contribution is 2.30. The summed E-state index contributed by atoms with van der Waals surface area (Å²) >= 11 is 9.30.